The summed E-state index contributed by atoms with van der Waals surface area (Å²) in [6, 6.07) is 8.50. The van der Waals surface area contributed by atoms with E-state index in [9.17, 15) is 4.21 Å². The lowest BCUT2D eigenvalue weighted by Gasteiger charge is -2.30. The van der Waals surface area contributed by atoms with Crippen LogP contribution in [0, 0.1) is 5.92 Å². The van der Waals surface area contributed by atoms with Crippen LogP contribution in [0.1, 0.15) is 58.4 Å². The Morgan fingerprint density at radius 1 is 1.32 bits per heavy atom. The Balaban J connectivity index is 1.88. The van der Waals surface area contributed by atoms with Gasteiger partial charge in [0, 0.05) is 47.0 Å². The fourth-order valence-electron chi connectivity index (χ4n) is 3.51. The number of para-hydroxylation sites is 1. The minimum Gasteiger partial charge on any atom is -0.493 e. The van der Waals surface area contributed by atoms with Crippen LogP contribution in [0.15, 0.2) is 29.3 Å². The van der Waals surface area contributed by atoms with E-state index in [0.29, 0.717) is 23.8 Å². The van der Waals surface area contributed by atoms with Crippen molar-refractivity contribution in [2.45, 2.75) is 70.7 Å². The molecule has 1 saturated carbocycles. The van der Waals surface area contributed by atoms with Gasteiger partial charge in [-0.05, 0) is 37.7 Å². The smallest absolute Gasteiger partial charge is 0.191 e. The maximum Gasteiger partial charge on any atom is 0.191 e. The predicted molar refractivity (Wildman–Crippen MR) is 119 cm³/mol. The minimum atomic E-state index is -0.711. The van der Waals surface area contributed by atoms with E-state index in [0.717, 1.165) is 61.7 Å². The lowest BCUT2D eigenvalue weighted by atomic mass is 9.95. The molecule has 158 valence electrons. The predicted octanol–water partition coefficient (Wildman–Crippen LogP) is 3.86. The van der Waals surface area contributed by atoms with Gasteiger partial charge in [0.05, 0.1) is 6.61 Å². The van der Waals surface area contributed by atoms with Crippen molar-refractivity contribution >= 4 is 16.8 Å². The van der Waals surface area contributed by atoms with Crippen molar-refractivity contribution in [1.82, 2.24) is 10.6 Å². The standard InChI is InChI=1S/C22H37N3O2S/c1-5-28(26)20-11-8-10-19(15-20)25-22(23-4)24-16-18-9-6-7-12-21(18)27-14-13-17(2)3/h6-7,9,12,17,19-20H,5,8,10-11,13-16H2,1-4H3,(H2,23,24,25). The van der Waals surface area contributed by atoms with Crippen molar-refractivity contribution in [3.8, 4) is 5.75 Å². The van der Waals surface area contributed by atoms with Crippen LogP contribution >= 0.6 is 0 Å². The molecule has 0 heterocycles. The third kappa shape index (κ3) is 7.46. The first-order chi connectivity index (χ1) is 13.5. The van der Waals surface area contributed by atoms with Crippen LogP contribution in [-0.2, 0) is 17.3 Å². The number of hydrogen-bond donors (Lipinski definition) is 2. The summed E-state index contributed by atoms with van der Waals surface area (Å²) >= 11 is 0. The molecule has 2 rings (SSSR count). The van der Waals surface area contributed by atoms with Crippen LogP contribution in [0.4, 0.5) is 0 Å². The van der Waals surface area contributed by atoms with Crippen LogP contribution in [0.2, 0.25) is 0 Å². The molecule has 28 heavy (non-hydrogen) atoms. The van der Waals surface area contributed by atoms with Gasteiger partial charge >= 0.3 is 0 Å². The van der Waals surface area contributed by atoms with Crippen LogP contribution in [0.5, 0.6) is 5.75 Å². The summed E-state index contributed by atoms with van der Waals surface area (Å²) in [5.74, 6) is 3.11. The highest BCUT2D eigenvalue weighted by Gasteiger charge is 2.26. The second-order valence-electron chi connectivity index (χ2n) is 7.86. The Morgan fingerprint density at radius 3 is 2.82 bits per heavy atom. The van der Waals surface area contributed by atoms with Gasteiger partial charge in [-0.3, -0.25) is 9.20 Å². The third-order valence-electron chi connectivity index (χ3n) is 5.22. The van der Waals surface area contributed by atoms with E-state index >= 15 is 0 Å². The van der Waals surface area contributed by atoms with Gasteiger partial charge in [0.25, 0.3) is 0 Å². The number of benzene rings is 1. The number of hydrogen-bond acceptors (Lipinski definition) is 3. The fourth-order valence-corrected chi connectivity index (χ4v) is 4.86. The Labute approximate surface area is 173 Å². The Kier molecular flexibility index (Phi) is 9.82. The number of aliphatic imine (C=N–C) groups is 1. The van der Waals surface area contributed by atoms with Gasteiger partial charge in [0.2, 0.25) is 0 Å². The molecular formula is C22H37N3O2S. The largest absolute Gasteiger partial charge is 0.493 e. The molecule has 6 heteroatoms. The van der Waals surface area contributed by atoms with Gasteiger partial charge in [0.15, 0.2) is 5.96 Å². The first kappa shape index (κ1) is 22.7. The molecule has 0 radical (unpaired) electrons. The molecule has 1 aliphatic rings. The average molecular weight is 408 g/mol. The Bertz CT molecular complexity index is 648. The second kappa shape index (κ2) is 12.1. The summed E-state index contributed by atoms with van der Waals surface area (Å²) in [4.78, 5) is 4.38. The van der Waals surface area contributed by atoms with E-state index < -0.39 is 10.8 Å². The molecule has 1 aliphatic carbocycles. The molecular weight excluding hydrogens is 370 g/mol. The quantitative estimate of drug-likeness (QED) is 0.482. The highest BCUT2D eigenvalue weighted by molar-refractivity contribution is 7.85. The van der Waals surface area contributed by atoms with Gasteiger partial charge in [-0.15, -0.1) is 0 Å². The van der Waals surface area contributed by atoms with E-state index in [4.69, 9.17) is 4.74 Å². The molecule has 1 aromatic rings. The lowest BCUT2D eigenvalue weighted by molar-refractivity contribution is 0.286. The summed E-state index contributed by atoms with van der Waals surface area (Å²) in [6.07, 6.45) is 5.30. The van der Waals surface area contributed by atoms with E-state index in [1.807, 2.05) is 25.1 Å². The Morgan fingerprint density at radius 2 is 2.11 bits per heavy atom. The van der Waals surface area contributed by atoms with Gasteiger partial charge in [-0.2, -0.15) is 0 Å². The summed E-state index contributed by atoms with van der Waals surface area (Å²) in [5, 5.41) is 7.25. The normalized spacial score (nSPS) is 21.4. The van der Waals surface area contributed by atoms with E-state index in [2.05, 4.69) is 35.5 Å². The summed E-state index contributed by atoms with van der Waals surface area (Å²) in [6.45, 7) is 7.82. The highest BCUT2D eigenvalue weighted by atomic mass is 32.2. The molecule has 0 amide bonds. The maximum atomic E-state index is 12.2. The molecule has 0 aromatic heterocycles. The van der Waals surface area contributed by atoms with Gasteiger partial charge in [-0.1, -0.05) is 45.4 Å². The summed E-state index contributed by atoms with van der Waals surface area (Å²) in [7, 11) is 1.09. The number of nitrogens with zero attached hydrogens (tertiary/aromatic N) is 1. The molecule has 3 atom stereocenters. The van der Waals surface area contributed by atoms with Gasteiger partial charge in [-0.25, -0.2) is 0 Å². The summed E-state index contributed by atoms with van der Waals surface area (Å²) in [5.41, 5.74) is 1.13. The average Bonchev–Trinajstić information content (AvgIpc) is 2.71. The molecule has 2 N–H and O–H groups in total. The molecule has 0 spiro atoms. The summed E-state index contributed by atoms with van der Waals surface area (Å²) < 4.78 is 18.2. The topological polar surface area (TPSA) is 62.7 Å². The SMILES string of the molecule is CCS(=O)C1CCCC(NC(=NC)NCc2ccccc2OCCC(C)C)C1. The first-order valence-corrected chi connectivity index (χ1v) is 12.0. The van der Waals surface area contributed by atoms with Crippen molar-refractivity contribution in [1.29, 1.82) is 0 Å². The van der Waals surface area contributed by atoms with Gasteiger partial charge in [0.1, 0.15) is 5.75 Å². The third-order valence-corrected chi connectivity index (χ3v) is 6.96. The van der Waals surface area contributed by atoms with E-state index in [-0.39, 0.29) is 0 Å². The Hall–Kier alpha value is -1.56. The second-order valence-corrected chi connectivity index (χ2v) is 9.87. The van der Waals surface area contributed by atoms with Gasteiger partial charge < -0.3 is 15.4 Å². The van der Waals surface area contributed by atoms with Crippen molar-refractivity contribution in [3.63, 3.8) is 0 Å². The molecule has 3 unspecified atom stereocenters. The van der Waals surface area contributed by atoms with Crippen molar-refractivity contribution in [2.24, 2.45) is 10.9 Å². The van der Waals surface area contributed by atoms with E-state index in [1.165, 1.54) is 0 Å². The van der Waals surface area contributed by atoms with Crippen molar-refractivity contribution < 1.29 is 8.95 Å². The van der Waals surface area contributed by atoms with Crippen LogP contribution in [0.3, 0.4) is 0 Å². The minimum absolute atomic E-state index is 0.310. The molecule has 5 nitrogen and oxygen atoms in total. The number of nitrogens with one attached hydrogen (secondary N) is 2. The van der Waals surface area contributed by atoms with Crippen molar-refractivity contribution in [3.05, 3.63) is 29.8 Å². The van der Waals surface area contributed by atoms with Crippen LogP contribution in [0.25, 0.3) is 0 Å². The molecule has 1 fully saturated rings. The number of guanidine groups is 1. The molecule has 0 bridgehead atoms. The lowest BCUT2D eigenvalue weighted by Crippen LogP contribution is -2.46. The van der Waals surface area contributed by atoms with Crippen molar-refractivity contribution in [2.75, 3.05) is 19.4 Å². The zero-order valence-electron chi connectivity index (χ0n) is 17.9. The molecule has 0 aliphatic heterocycles. The van der Waals surface area contributed by atoms with E-state index in [1.54, 1.807) is 7.05 Å². The zero-order valence-corrected chi connectivity index (χ0v) is 18.7. The number of ether oxygens (including phenoxy) is 1. The van der Waals surface area contributed by atoms with Crippen LogP contribution in [-0.4, -0.2) is 40.9 Å². The fraction of sp³-hybridized carbons (Fsp3) is 0.682. The molecule has 1 aromatic carbocycles. The number of rotatable bonds is 9. The molecule has 0 saturated heterocycles. The highest BCUT2D eigenvalue weighted by Crippen LogP contribution is 2.23. The van der Waals surface area contributed by atoms with Crippen LogP contribution < -0.4 is 15.4 Å². The first-order valence-electron chi connectivity index (χ1n) is 10.6. The zero-order chi connectivity index (χ0) is 20.4. The maximum absolute atomic E-state index is 12.2. The monoisotopic (exact) mass is 407 g/mol.